The number of hydrogen-bond acceptors (Lipinski definition) is 8. The van der Waals surface area contributed by atoms with E-state index in [9.17, 15) is 9.59 Å². The average molecular weight is 526 g/mol. The fourth-order valence-corrected chi connectivity index (χ4v) is 3.40. The number of benzene rings is 2. The summed E-state index contributed by atoms with van der Waals surface area (Å²) in [7, 11) is 0. The molecule has 1 atom stereocenters. The second-order valence-corrected chi connectivity index (χ2v) is 7.82. The lowest BCUT2D eigenvalue weighted by Gasteiger charge is -2.16. The van der Waals surface area contributed by atoms with Crippen LogP contribution in [0.2, 0.25) is 10.0 Å². The van der Waals surface area contributed by atoms with Crippen molar-refractivity contribution in [3.05, 3.63) is 34.3 Å². The maximum Gasteiger partial charge on any atom is 0.258 e. The van der Waals surface area contributed by atoms with E-state index in [1.807, 2.05) is 0 Å². The highest BCUT2D eigenvalue weighted by molar-refractivity contribution is 6.32. The Balaban J connectivity index is 2.42. The van der Waals surface area contributed by atoms with E-state index in [1.54, 1.807) is 39.8 Å². The molecule has 0 spiro atoms. The molecule has 190 valence electrons. The van der Waals surface area contributed by atoms with Gasteiger partial charge in [0.25, 0.3) is 5.91 Å². The molecule has 2 rings (SSSR count). The Bertz CT molecular complexity index is 1050. The standard InChI is InChI=1S/C24H29Cl2N3O6/c1-6-32-18-13-17(19(33-7-2)12-16(18)26)27-24(31)22(14(5)30)28-29-23-20(34-8-3)10-15(25)11-21(23)35-9-4/h10-13,22H,6-9H2,1-5H3,(H,27,31). The number of nitrogens with zero attached hydrogens (tertiary/aromatic N) is 2. The number of carbonyl (C=O) groups is 2. The van der Waals surface area contributed by atoms with Crippen molar-refractivity contribution in [3.8, 4) is 23.0 Å². The molecule has 1 N–H and O–H groups in total. The van der Waals surface area contributed by atoms with Crippen molar-refractivity contribution >= 4 is 46.3 Å². The Morgan fingerprint density at radius 1 is 0.829 bits per heavy atom. The van der Waals surface area contributed by atoms with E-state index < -0.39 is 17.7 Å². The van der Waals surface area contributed by atoms with E-state index >= 15 is 0 Å². The first kappa shape index (κ1) is 28.2. The summed E-state index contributed by atoms with van der Waals surface area (Å²) < 4.78 is 22.3. The third-order valence-corrected chi connectivity index (χ3v) is 4.92. The molecule has 1 amide bonds. The molecule has 0 aromatic heterocycles. The van der Waals surface area contributed by atoms with Gasteiger partial charge in [0.2, 0.25) is 6.04 Å². The summed E-state index contributed by atoms with van der Waals surface area (Å²) in [5, 5.41) is 11.5. The number of Topliss-reactive ketones (excluding diaryl/α,β-unsaturated/α-hetero) is 1. The summed E-state index contributed by atoms with van der Waals surface area (Å²) in [6, 6.07) is 4.73. The van der Waals surface area contributed by atoms with Gasteiger partial charge in [-0.05, 0) is 34.6 Å². The first-order valence-corrected chi connectivity index (χ1v) is 11.9. The van der Waals surface area contributed by atoms with E-state index in [4.69, 9.17) is 42.1 Å². The minimum Gasteiger partial charge on any atom is -0.492 e. The smallest absolute Gasteiger partial charge is 0.258 e. The molecular formula is C24H29Cl2N3O6. The number of ketones is 1. The molecule has 0 saturated heterocycles. The monoisotopic (exact) mass is 525 g/mol. The third-order valence-electron chi connectivity index (χ3n) is 4.40. The normalized spacial score (nSPS) is 11.7. The number of carbonyl (C=O) groups excluding carboxylic acids is 2. The van der Waals surface area contributed by atoms with E-state index in [-0.39, 0.29) is 11.4 Å². The number of amides is 1. The molecule has 35 heavy (non-hydrogen) atoms. The quantitative estimate of drug-likeness (QED) is 0.244. The van der Waals surface area contributed by atoms with Crippen LogP contribution in [0.5, 0.6) is 23.0 Å². The summed E-state index contributed by atoms with van der Waals surface area (Å²) in [6.07, 6.45) is 0. The van der Waals surface area contributed by atoms with Crippen LogP contribution in [0.1, 0.15) is 34.6 Å². The van der Waals surface area contributed by atoms with Gasteiger partial charge in [0.1, 0.15) is 11.5 Å². The predicted molar refractivity (Wildman–Crippen MR) is 135 cm³/mol. The highest BCUT2D eigenvalue weighted by atomic mass is 35.5. The van der Waals surface area contributed by atoms with Crippen LogP contribution < -0.4 is 24.3 Å². The SMILES string of the molecule is CCOc1cc(NC(=O)C(N=Nc2c(OCC)cc(Cl)cc2OCC)C(C)=O)c(OCC)cc1Cl. The van der Waals surface area contributed by atoms with Crippen molar-refractivity contribution < 1.29 is 28.5 Å². The zero-order valence-corrected chi connectivity index (χ0v) is 21.8. The van der Waals surface area contributed by atoms with E-state index in [0.717, 1.165) is 0 Å². The maximum atomic E-state index is 13.1. The van der Waals surface area contributed by atoms with Gasteiger partial charge in [0.05, 0.1) is 37.1 Å². The fourth-order valence-electron chi connectivity index (χ4n) is 2.99. The Kier molecular flexibility index (Phi) is 11.1. The van der Waals surface area contributed by atoms with Gasteiger partial charge in [-0.25, -0.2) is 0 Å². The zero-order valence-electron chi connectivity index (χ0n) is 20.3. The molecule has 0 heterocycles. The van der Waals surface area contributed by atoms with Crippen molar-refractivity contribution in [1.29, 1.82) is 0 Å². The Morgan fingerprint density at radius 3 is 1.86 bits per heavy atom. The zero-order chi connectivity index (χ0) is 26.0. The molecule has 9 nitrogen and oxygen atoms in total. The first-order valence-electron chi connectivity index (χ1n) is 11.2. The number of azo groups is 1. The molecule has 0 fully saturated rings. The van der Waals surface area contributed by atoms with E-state index in [1.165, 1.54) is 19.1 Å². The van der Waals surface area contributed by atoms with Gasteiger partial charge in [0, 0.05) is 29.3 Å². The number of halogens is 2. The van der Waals surface area contributed by atoms with Crippen molar-refractivity contribution in [2.45, 2.75) is 40.7 Å². The number of hydrogen-bond donors (Lipinski definition) is 1. The van der Waals surface area contributed by atoms with E-state index in [0.29, 0.717) is 59.5 Å². The van der Waals surface area contributed by atoms with Crippen LogP contribution >= 0.6 is 23.2 Å². The summed E-state index contributed by atoms with van der Waals surface area (Å²) in [5.74, 6) is 0.0754. The van der Waals surface area contributed by atoms with Crippen molar-refractivity contribution in [1.82, 2.24) is 0 Å². The van der Waals surface area contributed by atoms with Crippen molar-refractivity contribution in [3.63, 3.8) is 0 Å². The van der Waals surface area contributed by atoms with Crippen LogP contribution in [0.4, 0.5) is 11.4 Å². The summed E-state index contributed by atoms with van der Waals surface area (Å²) in [4.78, 5) is 25.4. The fraction of sp³-hybridized carbons (Fsp3) is 0.417. The summed E-state index contributed by atoms with van der Waals surface area (Å²) >= 11 is 12.4. The predicted octanol–water partition coefficient (Wildman–Crippen LogP) is 6.27. The number of anilines is 1. The Morgan fingerprint density at radius 2 is 1.34 bits per heavy atom. The molecule has 0 bridgehead atoms. The van der Waals surface area contributed by atoms with Gasteiger partial charge in [-0.3, -0.25) is 9.59 Å². The minimum atomic E-state index is -1.45. The topological polar surface area (TPSA) is 108 Å². The highest BCUT2D eigenvalue weighted by Crippen LogP contribution is 2.41. The van der Waals surface area contributed by atoms with E-state index in [2.05, 4.69) is 15.5 Å². The van der Waals surface area contributed by atoms with Gasteiger partial charge < -0.3 is 24.3 Å². The third kappa shape index (κ3) is 7.73. The summed E-state index contributed by atoms with van der Waals surface area (Å²) in [6.45, 7) is 9.82. The van der Waals surface area contributed by atoms with Crippen LogP contribution in [0.25, 0.3) is 0 Å². The molecule has 2 aromatic rings. The second-order valence-electron chi connectivity index (χ2n) is 6.98. The molecule has 11 heteroatoms. The van der Waals surface area contributed by atoms with Gasteiger partial charge in [-0.15, -0.1) is 5.11 Å². The molecule has 0 saturated carbocycles. The van der Waals surface area contributed by atoms with Gasteiger partial charge >= 0.3 is 0 Å². The lowest BCUT2D eigenvalue weighted by Crippen LogP contribution is -2.32. The van der Waals surface area contributed by atoms with Gasteiger partial charge in [-0.1, -0.05) is 23.2 Å². The largest absolute Gasteiger partial charge is 0.492 e. The average Bonchev–Trinajstić information content (AvgIpc) is 2.79. The van der Waals surface area contributed by atoms with Gasteiger partial charge in [-0.2, -0.15) is 5.11 Å². The molecule has 1 unspecified atom stereocenters. The van der Waals surface area contributed by atoms with Crippen LogP contribution in [0.3, 0.4) is 0 Å². The molecular weight excluding hydrogens is 497 g/mol. The van der Waals surface area contributed by atoms with Crippen LogP contribution in [-0.2, 0) is 9.59 Å². The Hall–Kier alpha value is -3.04. The molecule has 0 radical (unpaired) electrons. The van der Waals surface area contributed by atoms with Crippen LogP contribution in [-0.4, -0.2) is 44.2 Å². The molecule has 2 aromatic carbocycles. The van der Waals surface area contributed by atoms with Crippen LogP contribution in [0.15, 0.2) is 34.5 Å². The minimum absolute atomic E-state index is 0.220. The first-order chi connectivity index (χ1) is 16.7. The van der Waals surface area contributed by atoms with Crippen LogP contribution in [0, 0.1) is 0 Å². The Labute approximate surface area is 214 Å². The number of ether oxygens (including phenoxy) is 4. The van der Waals surface area contributed by atoms with Crippen molar-refractivity contribution in [2.24, 2.45) is 10.2 Å². The number of nitrogens with one attached hydrogen (secondary N) is 1. The number of rotatable bonds is 13. The highest BCUT2D eigenvalue weighted by Gasteiger charge is 2.26. The molecule has 0 aliphatic carbocycles. The lowest BCUT2D eigenvalue weighted by molar-refractivity contribution is -0.126. The molecule has 0 aliphatic rings. The summed E-state index contributed by atoms with van der Waals surface area (Å²) in [5.41, 5.74) is 0.500. The van der Waals surface area contributed by atoms with Crippen molar-refractivity contribution in [2.75, 3.05) is 31.7 Å². The van der Waals surface area contributed by atoms with Gasteiger partial charge in [0.15, 0.2) is 23.0 Å². The molecule has 0 aliphatic heterocycles. The second kappa shape index (κ2) is 13.7. The lowest BCUT2D eigenvalue weighted by atomic mass is 10.2. The maximum absolute atomic E-state index is 13.1.